The molecule has 0 spiro atoms. The van der Waals surface area contributed by atoms with Gasteiger partial charge in [-0.1, -0.05) is 177 Å². The molecule has 0 fully saturated rings. The van der Waals surface area contributed by atoms with Crippen molar-refractivity contribution >= 4 is 73.0 Å². The first-order valence-electron chi connectivity index (χ1n) is 25.4. The number of benzene rings is 11. The standard InChI is InChI=1S/C71H48N2O2/c1-3-47-22-31-54(32-23-47)73-67-20-12-9-17-61(67)64-44-50(28-43-68(64)73)49-26-33-53(34-27-49)72(56-36-42-63-62-18-10-13-21-69(62)75-70(63)46-56)55-35-41-60-59-16-8-11-19-65(59)71(66(60)45-55,51-14-6-5-7-15-51)52-29-39-58(40-30-52)74-57-37-24-48(4-2)25-38-57/h3-46H,1-2H2. The maximum absolute atomic E-state index is 6.57. The van der Waals surface area contributed by atoms with Gasteiger partial charge < -0.3 is 18.6 Å². The van der Waals surface area contributed by atoms with Crippen molar-refractivity contribution in [3.63, 3.8) is 0 Å². The Labute approximate surface area is 435 Å². The zero-order valence-corrected chi connectivity index (χ0v) is 41.0. The van der Waals surface area contributed by atoms with E-state index in [1.807, 2.05) is 48.6 Å². The third-order valence-electron chi connectivity index (χ3n) is 15.3. The Kier molecular flexibility index (Phi) is 10.3. The van der Waals surface area contributed by atoms with Crippen molar-refractivity contribution in [3.8, 4) is 39.4 Å². The van der Waals surface area contributed by atoms with Gasteiger partial charge in [0.1, 0.15) is 22.7 Å². The molecule has 1 aliphatic carbocycles. The lowest BCUT2D eigenvalue weighted by Crippen LogP contribution is -2.28. The summed E-state index contributed by atoms with van der Waals surface area (Å²) < 4.78 is 15.3. The number of para-hydroxylation sites is 2. The van der Waals surface area contributed by atoms with E-state index < -0.39 is 5.41 Å². The lowest BCUT2D eigenvalue weighted by atomic mass is 9.67. The summed E-state index contributed by atoms with van der Waals surface area (Å²) in [5.74, 6) is 1.54. The quantitative estimate of drug-likeness (QED) is 0.129. The molecule has 0 radical (unpaired) electrons. The van der Waals surface area contributed by atoms with E-state index in [4.69, 9.17) is 9.15 Å². The molecule has 14 rings (SSSR count). The summed E-state index contributed by atoms with van der Waals surface area (Å²) >= 11 is 0. The van der Waals surface area contributed by atoms with Crippen LogP contribution in [0.3, 0.4) is 0 Å². The van der Waals surface area contributed by atoms with Crippen LogP contribution in [-0.4, -0.2) is 4.57 Å². The fourth-order valence-electron chi connectivity index (χ4n) is 11.8. The molecule has 75 heavy (non-hydrogen) atoms. The molecule has 1 atom stereocenters. The SMILES string of the molecule is C=Cc1ccc(Oc2ccc(C3(c4ccccc4)c4ccccc4-c4ccc(N(c5ccc(-c6ccc7c(c6)c6ccccc6n7-c6ccc(C=C)cc6)cc5)c5ccc6c(c5)oc5ccccc56)cc43)cc2)cc1. The second-order valence-corrected chi connectivity index (χ2v) is 19.3. The number of ether oxygens (including phenoxy) is 1. The monoisotopic (exact) mass is 960 g/mol. The largest absolute Gasteiger partial charge is 0.457 e. The smallest absolute Gasteiger partial charge is 0.137 e. The van der Waals surface area contributed by atoms with Gasteiger partial charge in [0.25, 0.3) is 0 Å². The summed E-state index contributed by atoms with van der Waals surface area (Å²) in [5, 5.41) is 4.62. The van der Waals surface area contributed by atoms with Crippen molar-refractivity contribution in [2.75, 3.05) is 4.90 Å². The highest BCUT2D eigenvalue weighted by molar-refractivity contribution is 6.11. The van der Waals surface area contributed by atoms with Crippen molar-refractivity contribution in [1.82, 2.24) is 4.57 Å². The average molecular weight is 961 g/mol. The Balaban J connectivity index is 0.915. The van der Waals surface area contributed by atoms with Gasteiger partial charge >= 0.3 is 0 Å². The molecule has 2 heterocycles. The van der Waals surface area contributed by atoms with Crippen LogP contribution < -0.4 is 9.64 Å². The van der Waals surface area contributed by atoms with Crippen molar-refractivity contribution < 1.29 is 9.15 Å². The molecule has 0 N–H and O–H groups in total. The van der Waals surface area contributed by atoms with E-state index in [2.05, 4.69) is 241 Å². The molecule has 354 valence electrons. The number of anilines is 3. The van der Waals surface area contributed by atoms with Crippen LogP contribution in [-0.2, 0) is 5.41 Å². The van der Waals surface area contributed by atoms with E-state index in [1.54, 1.807) is 0 Å². The van der Waals surface area contributed by atoms with Crippen LogP contribution in [0.15, 0.2) is 272 Å². The molecule has 0 bridgehead atoms. The van der Waals surface area contributed by atoms with Gasteiger partial charge in [-0.05, 0) is 153 Å². The van der Waals surface area contributed by atoms with Crippen LogP contribution in [0, 0.1) is 0 Å². The summed E-state index contributed by atoms with van der Waals surface area (Å²) in [6.07, 6.45) is 3.73. The van der Waals surface area contributed by atoms with Gasteiger partial charge in [-0.2, -0.15) is 0 Å². The number of fused-ring (bicyclic) bond motifs is 9. The third-order valence-corrected chi connectivity index (χ3v) is 15.3. The first-order valence-corrected chi connectivity index (χ1v) is 25.4. The fourth-order valence-corrected chi connectivity index (χ4v) is 11.8. The molecule has 0 aliphatic heterocycles. The molecule has 13 aromatic rings. The maximum Gasteiger partial charge on any atom is 0.137 e. The van der Waals surface area contributed by atoms with Crippen LogP contribution in [0.2, 0.25) is 0 Å². The lowest BCUT2D eigenvalue weighted by Gasteiger charge is -2.35. The minimum Gasteiger partial charge on any atom is -0.457 e. The molecule has 1 unspecified atom stereocenters. The molecule has 4 nitrogen and oxygen atoms in total. The van der Waals surface area contributed by atoms with Crippen LogP contribution in [0.1, 0.15) is 33.4 Å². The zero-order valence-electron chi connectivity index (χ0n) is 41.0. The van der Waals surface area contributed by atoms with E-state index in [9.17, 15) is 0 Å². The predicted octanol–water partition coefficient (Wildman–Crippen LogP) is 19.3. The summed E-state index contributed by atoms with van der Waals surface area (Å²) in [6, 6.07) is 91.6. The van der Waals surface area contributed by atoms with Crippen LogP contribution in [0.25, 0.3) is 83.8 Å². The molecule has 2 aromatic heterocycles. The number of furan rings is 1. The van der Waals surface area contributed by atoms with Crippen molar-refractivity contribution in [2.45, 2.75) is 5.41 Å². The minimum atomic E-state index is -0.650. The van der Waals surface area contributed by atoms with Gasteiger partial charge in [0, 0.05) is 50.4 Å². The lowest BCUT2D eigenvalue weighted by molar-refractivity contribution is 0.482. The highest BCUT2D eigenvalue weighted by atomic mass is 16.5. The first-order chi connectivity index (χ1) is 37.0. The highest BCUT2D eigenvalue weighted by Gasteiger charge is 2.46. The minimum absolute atomic E-state index is 0.650. The fraction of sp³-hybridized carbons (Fsp3) is 0.0141. The molecule has 1 aliphatic rings. The van der Waals surface area contributed by atoms with E-state index in [0.717, 1.165) is 84.0 Å². The average Bonchev–Trinajstić information content (AvgIpc) is 4.13. The van der Waals surface area contributed by atoms with Gasteiger partial charge in [-0.25, -0.2) is 0 Å². The summed E-state index contributed by atoms with van der Waals surface area (Å²) in [7, 11) is 0. The molecule has 11 aromatic carbocycles. The van der Waals surface area contributed by atoms with Gasteiger partial charge in [-0.15, -0.1) is 0 Å². The second kappa shape index (κ2) is 17.7. The molecule has 0 amide bonds. The Bertz CT molecular complexity index is 4340. The van der Waals surface area contributed by atoms with Gasteiger partial charge in [-0.3, -0.25) is 0 Å². The summed E-state index contributed by atoms with van der Waals surface area (Å²) in [4.78, 5) is 2.37. The first kappa shape index (κ1) is 43.9. The topological polar surface area (TPSA) is 30.5 Å². The van der Waals surface area contributed by atoms with E-state index in [-0.39, 0.29) is 0 Å². The summed E-state index contributed by atoms with van der Waals surface area (Å²) in [5.41, 5.74) is 19.2. The number of nitrogens with zero attached hydrogens (tertiary/aromatic N) is 2. The molecule has 0 saturated heterocycles. The Morgan fingerprint density at radius 3 is 1.75 bits per heavy atom. The van der Waals surface area contributed by atoms with Crippen molar-refractivity contribution in [2.24, 2.45) is 0 Å². The zero-order chi connectivity index (χ0) is 50.0. The third kappa shape index (κ3) is 7.14. The van der Waals surface area contributed by atoms with Gasteiger partial charge in [0.2, 0.25) is 0 Å². The Morgan fingerprint density at radius 1 is 0.400 bits per heavy atom. The number of hydrogen-bond acceptors (Lipinski definition) is 3. The molecule has 0 saturated carbocycles. The predicted molar refractivity (Wildman–Crippen MR) is 312 cm³/mol. The molecular formula is C71H48N2O2. The Morgan fingerprint density at radius 2 is 0.973 bits per heavy atom. The second-order valence-electron chi connectivity index (χ2n) is 19.3. The normalized spacial score (nSPS) is 13.8. The van der Waals surface area contributed by atoms with Crippen LogP contribution >= 0.6 is 0 Å². The van der Waals surface area contributed by atoms with Crippen LogP contribution in [0.4, 0.5) is 17.1 Å². The number of aromatic nitrogens is 1. The maximum atomic E-state index is 6.57. The van der Waals surface area contributed by atoms with Gasteiger partial charge in [0.05, 0.1) is 16.4 Å². The Hall–Kier alpha value is -9.90. The van der Waals surface area contributed by atoms with E-state index >= 15 is 0 Å². The van der Waals surface area contributed by atoms with Crippen LogP contribution in [0.5, 0.6) is 11.5 Å². The van der Waals surface area contributed by atoms with Gasteiger partial charge in [0.15, 0.2) is 0 Å². The van der Waals surface area contributed by atoms with Crippen molar-refractivity contribution in [1.29, 1.82) is 0 Å². The number of hydrogen-bond donors (Lipinski definition) is 0. The number of rotatable bonds is 11. The van der Waals surface area contributed by atoms with E-state index in [1.165, 1.54) is 49.6 Å². The van der Waals surface area contributed by atoms with E-state index in [0.29, 0.717) is 0 Å². The highest BCUT2D eigenvalue weighted by Crippen LogP contribution is 2.57. The molecular weight excluding hydrogens is 913 g/mol. The van der Waals surface area contributed by atoms with Crippen molar-refractivity contribution in [3.05, 3.63) is 301 Å². The summed E-state index contributed by atoms with van der Waals surface area (Å²) in [6.45, 7) is 7.88. The molecule has 4 heteroatoms.